The molecule has 0 bridgehead atoms. The number of carbonyl (C=O) groups is 1. The third-order valence-electron chi connectivity index (χ3n) is 5.29. The second-order valence-corrected chi connectivity index (χ2v) is 8.99. The largest absolute Gasteiger partial charge is 0.506 e. The van der Waals surface area contributed by atoms with Crippen molar-refractivity contribution in [2.75, 3.05) is 18.8 Å². The minimum Gasteiger partial charge on any atom is -0.506 e. The highest BCUT2D eigenvalue weighted by Crippen LogP contribution is 2.37. The zero-order chi connectivity index (χ0) is 21.6. The number of benzene rings is 1. The number of hydrogen-bond donors (Lipinski definition) is 3. The molecular weight excluding hydrogens is 409 g/mol. The number of rotatable bonds is 2. The van der Waals surface area contributed by atoms with Crippen molar-refractivity contribution in [3.63, 3.8) is 0 Å². The summed E-state index contributed by atoms with van der Waals surface area (Å²) in [7, 11) is 0. The minimum absolute atomic E-state index is 0.168. The number of nitrogens with two attached hydrogens (primary N) is 1. The Morgan fingerprint density at radius 2 is 2.10 bits per heavy atom. The molecule has 2 aromatic heterocycles. The van der Waals surface area contributed by atoms with Crippen LogP contribution in [0.15, 0.2) is 18.3 Å². The van der Waals surface area contributed by atoms with Gasteiger partial charge in [-0.3, -0.25) is 4.79 Å². The molecule has 3 heterocycles. The zero-order valence-electron chi connectivity index (χ0n) is 16.8. The van der Waals surface area contributed by atoms with Crippen LogP contribution in [-0.2, 0) is 4.79 Å². The third kappa shape index (κ3) is 3.97. The molecular formula is C20H24FN5O3S. The van der Waals surface area contributed by atoms with Crippen LogP contribution in [0.25, 0.3) is 16.0 Å². The van der Waals surface area contributed by atoms with Crippen molar-refractivity contribution in [2.45, 2.75) is 44.9 Å². The van der Waals surface area contributed by atoms with Gasteiger partial charge in [-0.15, -0.1) is 5.10 Å². The van der Waals surface area contributed by atoms with Crippen LogP contribution in [0, 0.1) is 13.8 Å². The molecule has 2 fully saturated rings. The molecule has 8 nitrogen and oxygen atoms in total. The Labute approximate surface area is 176 Å². The molecule has 1 saturated carbocycles. The fraction of sp³-hybridized carbons (Fsp3) is 0.450. The van der Waals surface area contributed by atoms with Gasteiger partial charge in [0.2, 0.25) is 0 Å². The highest BCUT2D eigenvalue weighted by molar-refractivity contribution is 7.21. The first-order valence-electron chi connectivity index (χ1n) is 9.74. The Morgan fingerprint density at radius 3 is 2.67 bits per heavy atom. The van der Waals surface area contributed by atoms with Gasteiger partial charge in [-0.2, -0.15) is 4.98 Å². The number of phenols is 1. The van der Waals surface area contributed by atoms with Gasteiger partial charge in [0.15, 0.2) is 10.8 Å². The van der Waals surface area contributed by atoms with Crippen LogP contribution in [0.4, 0.5) is 9.52 Å². The van der Waals surface area contributed by atoms with Crippen LogP contribution in [0.5, 0.6) is 5.75 Å². The molecule has 1 unspecified atom stereocenters. The molecule has 10 heteroatoms. The molecule has 1 saturated heterocycles. The molecule has 4 N–H and O–H groups in total. The smallest absolute Gasteiger partial charge is 0.254 e. The van der Waals surface area contributed by atoms with Gasteiger partial charge in [0.05, 0.1) is 17.4 Å². The van der Waals surface area contributed by atoms with Crippen LogP contribution in [0.3, 0.4) is 0 Å². The van der Waals surface area contributed by atoms with E-state index in [1.807, 2.05) is 26.1 Å². The summed E-state index contributed by atoms with van der Waals surface area (Å²) in [5.41, 5.74) is 7.77. The molecule has 30 heavy (non-hydrogen) atoms. The molecule has 160 valence electrons. The van der Waals surface area contributed by atoms with Crippen LogP contribution in [-0.4, -0.2) is 60.6 Å². The van der Waals surface area contributed by atoms with E-state index in [0.29, 0.717) is 42.3 Å². The van der Waals surface area contributed by atoms with Gasteiger partial charge in [0.25, 0.3) is 5.91 Å². The molecule has 1 aliphatic carbocycles. The number of fused-ring (bicyclic) bond motifs is 1. The molecule has 2 aliphatic rings. The number of amides is 1. The maximum atomic E-state index is 12.7. The van der Waals surface area contributed by atoms with E-state index in [2.05, 4.69) is 10.1 Å². The number of aromatic nitrogens is 3. The van der Waals surface area contributed by atoms with Crippen molar-refractivity contribution in [2.24, 2.45) is 0 Å². The average molecular weight is 434 g/mol. The van der Waals surface area contributed by atoms with E-state index < -0.39 is 11.8 Å². The second-order valence-electron chi connectivity index (χ2n) is 7.93. The standard InChI is InChI=1S/C12H12N4OS.C8H12FNO2/c1-6-3-7(2)10(8(17)4-6)16-5-9-11(15-16)14-12(13)18-9;9-6-1-4-10(5-6)7(11)8(12)2-3-8/h3-5,17H,1-2H3,(H2,13,14,15);6,12H,1-5H2. The van der Waals surface area contributed by atoms with Gasteiger partial charge in [-0.25, -0.2) is 9.07 Å². The SMILES string of the molecule is Cc1cc(C)c(-n2cc3sc(N)nc3n2)c(O)c1.O=C(N1CCC(F)C1)C1(O)CC1. The summed E-state index contributed by atoms with van der Waals surface area (Å²) in [4.78, 5) is 16.9. The Morgan fingerprint density at radius 1 is 1.37 bits per heavy atom. The summed E-state index contributed by atoms with van der Waals surface area (Å²) in [5.74, 6) is -0.0572. The predicted molar refractivity (Wildman–Crippen MR) is 113 cm³/mol. The van der Waals surface area contributed by atoms with Crippen molar-refractivity contribution >= 4 is 32.7 Å². The van der Waals surface area contributed by atoms with Gasteiger partial charge < -0.3 is 20.8 Å². The molecule has 1 aliphatic heterocycles. The van der Waals surface area contributed by atoms with E-state index in [-0.39, 0.29) is 18.2 Å². The highest BCUT2D eigenvalue weighted by atomic mass is 32.1. The summed E-state index contributed by atoms with van der Waals surface area (Å²) in [6, 6.07) is 3.73. The number of aliphatic hydroxyl groups is 1. The maximum absolute atomic E-state index is 12.7. The second kappa shape index (κ2) is 7.51. The topological polar surface area (TPSA) is 118 Å². The Hall–Kier alpha value is -2.72. The Balaban J connectivity index is 0.000000158. The number of likely N-dealkylation sites (tertiary alicyclic amines) is 1. The first-order valence-corrected chi connectivity index (χ1v) is 10.6. The number of halogens is 1. The Bertz CT molecular complexity index is 1050. The first-order chi connectivity index (χ1) is 14.2. The number of hydrogen-bond acceptors (Lipinski definition) is 7. The van der Waals surface area contributed by atoms with E-state index in [1.165, 1.54) is 16.2 Å². The lowest BCUT2D eigenvalue weighted by Crippen LogP contribution is -2.39. The van der Waals surface area contributed by atoms with Crippen molar-refractivity contribution in [3.8, 4) is 11.4 Å². The number of carbonyl (C=O) groups excluding carboxylic acids is 1. The number of phenolic OH excluding ortho intramolecular Hbond substituents is 1. The van der Waals surface area contributed by atoms with Crippen LogP contribution in [0.2, 0.25) is 0 Å². The fourth-order valence-electron chi connectivity index (χ4n) is 3.62. The number of aromatic hydroxyl groups is 1. The van der Waals surface area contributed by atoms with Gasteiger partial charge in [-0.1, -0.05) is 17.4 Å². The lowest BCUT2D eigenvalue weighted by atomic mass is 10.1. The van der Waals surface area contributed by atoms with E-state index >= 15 is 0 Å². The normalized spacial score (nSPS) is 19.6. The summed E-state index contributed by atoms with van der Waals surface area (Å²) in [5, 5.41) is 24.3. The average Bonchev–Trinajstić information content (AvgIpc) is 2.95. The van der Waals surface area contributed by atoms with Crippen LogP contribution < -0.4 is 5.73 Å². The lowest BCUT2D eigenvalue weighted by Gasteiger charge is -2.18. The van der Waals surface area contributed by atoms with Crippen molar-refractivity contribution in [3.05, 3.63) is 29.5 Å². The zero-order valence-corrected chi connectivity index (χ0v) is 17.6. The summed E-state index contributed by atoms with van der Waals surface area (Å²) >= 11 is 1.38. The van der Waals surface area contributed by atoms with Crippen LogP contribution in [0.1, 0.15) is 30.4 Å². The number of anilines is 1. The van der Waals surface area contributed by atoms with Crippen LogP contribution >= 0.6 is 11.3 Å². The molecule has 0 radical (unpaired) electrons. The molecule has 0 spiro atoms. The number of thiazole rings is 1. The first kappa shape index (κ1) is 20.5. The summed E-state index contributed by atoms with van der Waals surface area (Å²) in [6.07, 6.45) is 2.44. The van der Waals surface area contributed by atoms with Gasteiger partial charge in [0.1, 0.15) is 23.2 Å². The summed E-state index contributed by atoms with van der Waals surface area (Å²) < 4.78 is 15.2. The molecule has 3 aromatic rings. The Kier molecular flexibility index (Phi) is 5.15. The van der Waals surface area contributed by atoms with E-state index in [0.717, 1.165) is 15.8 Å². The van der Waals surface area contributed by atoms with Crippen molar-refractivity contribution in [1.82, 2.24) is 19.7 Å². The number of nitrogen functional groups attached to an aromatic ring is 1. The van der Waals surface area contributed by atoms with E-state index in [4.69, 9.17) is 5.73 Å². The highest BCUT2D eigenvalue weighted by Gasteiger charge is 2.51. The maximum Gasteiger partial charge on any atom is 0.254 e. The van der Waals surface area contributed by atoms with Crippen molar-refractivity contribution in [1.29, 1.82) is 0 Å². The third-order valence-corrected chi connectivity index (χ3v) is 6.09. The van der Waals surface area contributed by atoms with Gasteiger partial charge in [0, 0.05) is 6.54 Å². The van der Waals surface area contributed by atoms with E-state index in [9.17, 15) is 19.4 Å². The summed E-state index contributed by atoms with van der Waals surface area (Å²) in [6.45, 7) is 4.52. The predicted octanol–water partition coefficient (Wildman–Crippen LogP) is 2.47. The van der Waals surface area contributed by atoms with E-state index in [1.54, 1.807) is 10.7 Å². The molecule has 1 aromatic carbocycles. The monoisotopic (exact) mass is 433 g/mol. The number of nitrogens with zero attached hydrogens (tertiary/aromatic N) is 4. The quantitative estimate of drug-likeness (QED) is 0.572. The minimum atomic E-state index is -1.12. The number of aryl methyl sites for hydroxylation is 2. The molecule has 1 atom stereocenters. The van der Waals surface area contributed by atoms with Crippen molar-refractivity contribution < 1.29 is 19.4 Å². The molecule has 1 amide bonds. The van der Waals surface area contributed by atoms with Gasteiger partial charge >= 0.3 is 0 Å². The lowest BCUT2D eigenvalue weighted by molar-refractivity contribution is -0.141. The fourth-order valence-corrected chi connectivity index (χ4v) is 4.30. The molecule has 5 rings (SSSR count). The number of alkyl halides is 1. The van der Waals surface area contributed by atoms with Gasteiger partial charge in [-0.05, 0) is 50.3 Å².